The zero-order chi connectivity index (χ0) is 82.5. The zero-order valence-electron chi connectivity index (χ0n) is 67.9. The summed E-state index contributed by atoms with van der Waals surface area (Å²) in [5.74, 6) is -7.04. The van der Waals surface area contributed by atoms with Crippen molar-refractivity contribution in [3.63, 3.8) is 0 Å². The molecule has 3 amide bonds. The van der Waals surface area contributed by atoms with Crippen molar-refractivity contribution in [2.24, 2.45) is 29.4 Å². The van der Waals surface area contributed by atoms with Crippen molar-refractivity contribution in [2.75, 3.05) is 26.4 Å². The SMILES string of the molecule is CCOC(=O)[C@H](C)CC(Cc1ccc(-c2ccccc2)cc1)NC(=O)CCC(=O)O.CCOC(=O)[C@H](C)CC(Cc1ccc(-c2ccccc2)cc1)NC(=O)CCC(=O)[O-].CCOC(=O)[C@H](C)CC(Cc1ccc(-c2ccccc2)cc1)NC(=O)CCC(=O)[O-].CCOC(=O)[C@H](C)CC(N)Cc1ccc(-c2ccccc2)cc1.[Ca+2].[Na+]. The van der Waals surface area contributed by atoms with Crippen LogP contribution in [0.4, 0.5) is 0 Å². The van der Waals surface area contributed by atoms with Crippen molar-refractivity contribution in [3.8, 4) is 44.5 Å². The Morgan fingerprint density at radius 2 is 0.530 bits per heavy atom. The Bertz CT molecular complexity index is 3860. The van der Waals surface area contributed by atoms with Crippen LogP contribution in [0, 0.1) is 23.7 Å². The minimum absolute atomic E-state index is 0. The van der Waals surface area contributed by atoms with Crippen LogP contribution in [0.1, 0.15) is 142 Å². The molecule has 8 aromatic rings. The molecule has 8 atom stereocenters. The zero-order valence-corrected chi connectivity index (χ0v) is 72.1. The molecule has 0 saturated carbocycles. The molecule has 0 spiro atoms. The van der Waals surface area contributed by atoms with Gasteiger partial charge in [0.2, 0.25) is 17.7 Å². The van der Waals surface area contributed by atoms with Gasteiger partial charge in [-0.3, -0.25) is 38.4 Å². The monoisotopic (exact) mass is 1610 g/mol. The van der Waals surface area contributed by atoms with Gasteiger partial charge in [0.1, 0.15) is 0 Å². The second-order valence-corrected chi connectivity index (χ2v) is 27.8. The maximum absolute atomic E-state index is 12.2. The summed E-state index contributed by atoms with van der Waals surface area (Å²) in [6.07, 6.45) is 2.91. The minimum Gasteiger partial charge on any atom is -0.550 e. The van der Waals surface area contributed by atoms with E-state index in [-0.39, 0.29) is 195 Å². The molecule has 0 bridgehead atoms. The van der Waals surface area contributed by atoms with E-state index < -0.39 is 17.9 Å². The molecule has 0 saturated heterocycles. The predicted molar refractivity (Wildman–Crippen MR) is 439 cm³/mol. The van der Waals surface area contributed by atoms with E-state index in [0.717, 1.165) is 56.5 Å². The maximum atomic E-state index is 12.2. The van der Waals surface area contributed by atoms with Crippen LogP contribution in [0.25, 0.3) is 44.5 Å². The molecule has 0 aliphatic heterocycles. The van der Waals surface area contributed by atoms with Gasteiger partial charge in [0.25, 0.3) is 0 Å². The third-order valence-electron chi connectivity index (χ3n) is 18.3. The third-order valence-corrected chi connectivity index (χ3v) is 18.3. The Balaban J connectivity index is 0.000000396. The van der Waals surface area contributed by atoms with E-state index in [1.54, 1.807) is 41.5 Å². The quantitative estimate of drug-likeness (QED) is 0.0136. The normalized spacial score (nSPS) is 12.5. The number of hydrogen-bond donors (Lipinski definition) is 5. The number of rotatable bonds is 40. The first-order chi connectivity index (χ1) is 54.2. The Morgan fingerprint density at radius 3 is 0.748 bits per heavy atom. The van der Waals surface area contributed by atoms with Crippen LogP contribution in [0.5, 0.6) is 0 Å². The van der Waals surface area contributed by atoms with Gasteiger partial charge in [-0.2, -0.15) is 0 Å². The fourth-order valence-corrected chi connectivity index (χ4v) is 12.5. The number of ether oxygens (including phenoxy) is 4. The largest absolute Gasteiger partial charge is 2.00 e. The molecule has 0 aromatic heterocycles. The molecule has 8 rings (SSSR count). The number of hydrogen-bond acceptors (Lipinski definition) is 17. The van der Waals surface area contributed by atoms with Crippen LogP contribution in [0.3, 0.4) is 0 Å². The van der Waals surface area contributed by atoms with E-state index >= 15 is 0 Å². The Morgan fingerprint density at radius 1 is 0.322 bits per heavy atom. The molecule has 23 heteroatoms. The molecule has 0 aliphatic carbocycles. The average molecular weight is 1610 g/mol. The number of carbonyl (C=O) groups is 10. The smallest absolute Gasteiger partial charge is 0.550 e. The number of carboxylic acids is 3. The molecular weight excluding hydrogens is 1500 g/mol. The van der Waals surface area contributed by atoms with Crippen LogP contribution in [-0.4, -0.2) is 153 Å². The van der Waals surface area contributed by atoms with Crippen LogP contribution >= 0.6 is 0 Å². The summed E-state index contributed by atoms with van der Waals surface area (Å²) in [4.78, 5) is 116. The van der Waals surface area contributed by atoms with Crippen LogP contribution in [0.2, 0.25) is 0 Å². The number of amides is 3. The molecule has 6 N–H and O–H groups in total. The van der Waals surface area contributed by atoms with Gasteiger partial charge in [0, 0.05) is 55.4 Å². The second-order valence-electron chi connectivity index (χ2n) is 27.8. The molecule has 4 unspecified atom stereocenters. The number of nitrogens with one attached hydrogen (secondary N) is 3. The Kier molecular flexibility index (Phi) is 48.7. The molecule has 0 fully saturated rings. The van der Waals surface area contributed by atoms with Crippen molar-refractivity contribution in [3.05, 3.63) is 241 Å². The molecule has 21 nitrogen and oxygen atoms in total. The van der Waals surface area contributed by atoms with Gasteiger partial charge in [0.05, 0.1) is 56.5 Å². The number of nitrogens with two attached hydrogens (primary N) is 1. The summed E-state index contributed by atoms with van der Waals surface area (Å²) < 4.78 is 20.2. The van der Waals surface area contributed by atoms with Crippen molar-refractivity contribution in [1.29, 1.82) is 0 Å². The summed E-state index contributed by atoms with van der Waals surface area (Å²) in [6, 6.07) is 72.0. The Hall–Kier alpha value is -9.32. The summed E-state index contributed by atoms with van der Waals surface area (Å²) in [6.45, 7) is 15.6. The van der Waals surface area contributed by atoms with E-state index in [1.807, 2.05) is 196 Å². The molecule has 0 radical (unpaired) electrons. The van der Waals surface area contributed by atoms with E-state index in [9.17, 15) is 58.2 Å². The summed E-state index contributed by atoms with van der Waals surface area (Å²) >= 11 is 0. The molecule has 602 valence electrons. The van der Waals surface area contributed by atoms with E-state index in [4.69, 9.17) is 29.8 Å². The fourth-order valence-electron chi connectivity index (χ4n) is 12.5. The maximum Gasteiger partial charge on any atom is 2.00 e. The van der Waals surface area contributed by atoms with Gasteiger partial charge in [-0.1, -0.05) is 246 Å². The first-order valence-corrected chi connectivity index (χ1v) is 38.7. The number of carboxylic acid groups (broad SMARTS) is 3. The summed E-state index contributed by atoms with van der Waals surface area (Å²) in [5, 5.41) is 38.6. The Labute approximate surface area is 729 Å². The average Bonchev–Trinajstić information content (AvgIpc) is 0.863. The topological polar surface area (TPSA) is 336 Å². The second kappa shape index (κ2) is 56.1. The minimum atomic E-state index is -1.27. The molecule has 0 heterocycles. The molecule has 8 aromatic carbocycles. The standard InChI is InChI=1S/3C24H29NO5.C20H25NO2.Ca.Na/c3*1-3-30-24(29)17(2)15-21(25-22(26)13-14-23(27)28)16-18-9-11-20(12-10-18)19-7-5-4-6-8-19;1-3-23-20(22)15(2)13-19(21)14-16-9-11-18(12-10-16)17-7-5-4-6-8-17;;/h3*4-12,17,21H,3,13-16H2,1-2H3,(H,25,26)(H,27,28);4-12,15,19H,3,13-14,21H2,1-2H3;;/q;;;;+2;+1/p-2/t3*17-,21?;15-,19?;;/m1111../s1. The van der Waals surface area contributed by atoms with Crippen molar-refractivity contribution in [2.45, 2.75) is 169 Å². The van der Waals surface area contributed by atoms with Crippen LogP contribution in [-0.2, 0) is 92.6 Å². The van der Waals surface area contributed by atoms with Gasteiger partial charge >= 0.3 is 97.1 Å². The fraction of sp³-hybridized carbons (Fsp3) is 0.370. The molecular formula is C92H110CaN4NaO17+. The van der Waals surface area contributed by atoms with Gasteiger partial charge in [-0.15, -0.1) is 0 Å². The van der Waals surface area contributed by atoms with Gasteiger partial charge in [-0.25, -0.2) is 0 Å². The van der Waals surface area contributed by atoms with Crippen molar-refractivity contribution >= 4 is 97.2 Å². The van der Waals surface area contributed by atoms with Crippen molar-refractivity contribution in [1.82, 2.24) is 16.0 Å². The van der Waals surface area contributed by atoms with Crippen LogP contribution in [0.15, 0.2) is 218 Å². The van der Waals surface area contributed by atoms with E-state index in [1.165, 1.54) is 16.7 Å². The molecule has 115 heavy (non-hydrogen) atoms. The number of benzene rings is 8. The van der Waals surface area contributed by atoms with E-state index in [2.05, 4.69) is 52.3 Å². The predicted octanol–water partition coefficient (Wildman–Crippen LogP) is 9.27. The summed E-state index contributed by atoms with van der Waals surface area (Å²) in [7, 11) is 0. The summed E-state index contributed by atoms with van der Waals surface area (Å²) in [5.41, 5.74) is 19.5. The van der Waals surface area contributed by atoms with Gasteiger partial charge < -0.3 is 65.5 Å². The van der Waals surface area contributed by atoms with Gasteiger partial charge in [-0.05, 0) is 159 Å². The number of esters is 4. The first-order valence-electron chi connectivity index (χ1n) is 38.7. The first kappa shape index (κ1) is 99.9. The van der Waals surface area contributed by atoms with Crippen LogP contribution < -0.4 is 61.5 Å². The van der Waals surface area contributed by atoms with Crippen molar-refractivity contribution < 1.29 is 112 Å². The number of carbonyl (C=O) groups excluding carboxylic acids is 9. The van der Waals surface area contributed by atoms with Gasteiger partial charge in [0.15, 0.2) is 0 Å². The number of aliphatic carboxylic acids is 3. The van der Waals surface area contributed by atoms with E-state index in [0.29, 0.717) is 71.4 Å². The third kappa shape index (κ3) is 40.2. The molecule has 0 aliphatic rings.